The van der Waals surface area contributed by atoms with Crippen LogP contribution in [0.3, 0.4) is 0 Å². The van der Waals surface area contributed by atoms with Crippen molar-refractivity contribution in [2.45, 2.75) is 38.3 Å². The third-order valence-corrected chi connectivity index (χ3v) is 3.63. The topological polar surface area (TPSA) is 64.3 Å². The molecule has 1 aliphatic rings. The molecule has 1 aliphatic heterocycles. The maximum atomic E-state index is 10.9. The number of likely N-dealkylation sites (tertiary alicyclic amines) is 1. The summed E-state index contributed by atoms with van der Waals surface area (Å²) in [6.07, 6.45) is 3.42. The Hall–Kier alpha value is -1.86. The van der Waals surface area contributed by atoms with E-state index in [1.165, 1.54) is 0 Å². The standard InChI is InChI=1S/C15H18N2O2/c16-10-12-4-6-13(7-5-12)11-17-8-2-1-3-14(17)9-15(18)19/h4-7,14H,1-3,8-9,11H2,(H,18,19). The van der Waals surface area contributed by atoms with E-state index in [2.05, 4.69) is 11.0 Å². The van der Waals surface area contributed by atoms with Crippen LogP contribution in [-0.4, -0.2) is 28.6 Å². The minimum Gasteiger partial charge on any atom is -0.481 e. The number of nitriles is 1. The predicted molar refractivity (Wildman–Crippen MR) is 71.5 cm³/mol. The molecule has 0 aliphatic carbocycles. The van der Waals surface area contributed by atoms with Gasteiger partial charge >= 0.3 is 5.97 Å². The lowest BCUT2D eigenvalue weighted by Crippen LogP contribution is -2.40. The summed E-state index contributed by atoms with van der Waals surface area (Å²) in [7, 11) is 0. The number of carboxylic acid groups (broad SMARTS) is 1. The van der Waals surface area contributed by atoms with Gasteiger partial charge < -0.3 is 5.11 Å². The van der Waals surface area contributed by atoms with Gasteiger partial charge in [-0.3, -0.25) is 9.69 Å². The molecule has 0 bridgehead atoms. The van der Waals surface area contributed by atoms with Crippen LogP contribution in [0.25, 0.3) is 0 Å². The number of piperidine rings is 1. The minimum absolute atomic E-state index is 0.141. The molecule has 2 rings (SSSR count). The van der Waals surface area contributed by atoms with Crippen molar-refractivity contribution in [2.75, 3.05) is 6.54 Å². The van der Waals surface area contributed by atoms with E-state index < -0.39 is 5.97 Å². The van der Waals surface area contributed by atoms with Crippen LogP contribution in [0.5, 0.6) is 0 Å². The number of aliphatic carboxylic acids is 1. The average molecular weight is 258 g/mol. The summed E-state index contributed by atoms with van der Waals surface area (Å²) >= 11 is 0. The summed E-state index contributed by atoms with van der Waals surface area (Å²) < 4.78 is 0. The molecule has 100 valence electrons. The lowest BCUT2D eigenvalue weighted by molar-refractivity contribution is -0.138. The monoisotopic (exact) mass is 258 g/mol. The van der Waals surface area contributed by atoms with E-state index in [9.17, 15) is 4.79 Å². The normalized spacial score (nSPS) is 19.8. The summed E-state index contributed by atoms with van der Waals surface area (Å²) in [5.74, 6) is -0.725. The Balaban J connectivity index is 2.02. The zero-order valence-electron chi connectivity index (χ0n) is 10.9. The highest BCUT2D eigenvalue weighted by Crippen LogP contribution is 2.22. The number of benzene rings is 1. The Morgan fingerprint density at radius 3 is 2.74 bits per heavy atom. The van der Waals surface area contributed by atoms with E-state index in [4.69, 9.17) is 10.4 Å². The second kappa shape index (κ2) is 6.35. The van der Waals surface area contributed by atoms with Gasteiger partial charge in [0, 0.05) is 12.6 Å². The summed E-state index contributed by atoms with van der Waals surface area (Å²) in [5.41, 5.74) is 1.79. The molecule has 0 amide bonds. The first-order valence-electron chi connectivity index (χ1n) is 6.64. The minimum atomic E-state index is -0.725. The van der Waals surface area contributed by atoms with Crippen LogP contribution in [0, 0.1) is 11.3 Å². The number of carbonyl (C=O) groups is 1. The molecule has 4 heteroatoms. The van der Waals surface area contributed by atoms with Gasteiger partial charge in [-0.25, -0.2) is 0 Å². The first kappa shape index (κ1) is 13.6. The van der Waals surface area contributed by atoms with Gasteiger partial charge in [-0.05, 0) is 37.1 Å². The molecule has 0 saturated carbocycles. The van der Waals surface area contributed by atoms with Crippen LogP contribution in [0.4, 0.5) is 0 Å². The Labute approximate surface area is 113 Å². The number of hydrogen-bond donors (Lipinski definition) is 1. The summed E-state index contributed by atoms with van der Waals surface area (Å²) in [4.78, 5) is 13.1. The highest BCUT2D eigenvalue weighted by molar-refractivity contribution is 5.67. The molecule has 1 aromatic rings. The molecule has 1 atom stereocenters. The molecule has 0 spiro atoms. The number of rotatable bonds is 4. The van der Waals surface area contributed by atoms with Crippen molar-refractivity contribution in [2.24, 2.45) is 0 Å². The second-order valence-corrected chi connectivity index (χ2v) is 5.03. The molecule has 0 aromatic heterocycles. The molecular weight excluding hydrogens is 240 g/mol. The van der Waals surface area contributed by atoms with Crippen molar-refractivity contribution in [3.8, 4) is 6.07 Å². The van der Waals surface area contributed by atoms with E-state index in [0.717, 1.165) is 37.9 Å². The van der Waals surface area contributed by atoms with Gasteiger partial charge in [-0.2, -0.15) is 5.26 Å². The Morgan fingerprint density at radius 2 is 2.11 bits per heavy atom. The Bertz CT molecular complexity index is 476. The molecule has 1 N–H and O–H groups in total. The first-order valence-corrected chi connectivity index (χ1v) is 6.64. The molecule has 4 nitrogen and oxygen atoms in total. The van der Waals surface area contributed by atoms with Crippen molar-refractivity contribution in [1.82, 2.24) is 4.90 Å². The van der Waals surface area contributed by atoms with Crippen LogP contribution >= 0.6 is 0 Å². The SMILES string of the molecule is N#Cc1ccc(CN2CCCCC2CC(=O)O)cc1. The molecule has 1 fully saturated rings. The summed E-state index contributed by atoms with van der Waals surface area (Å²) in [6.45, 7) is 1.72. The Morgan fingerprint density at radius 1 is 1.37 bits per heavy atom. The molecule has 19 heavy (non-hydrogen) atoms. The van der Waals surface area contributed by atoms with E-state index in [0.29, 0.717) is 5.56 Å². The van der Waals surface area contributed by atoms with Crippen LogP contribution in [0.2, 0.25) is 0 Å². The van der Waals surface area contributed by atoms with Gasteiger partial charge in [0.25, 0.3) is 0 Å². The van der Waals surface area contributed by atoms with E-state index in [-0.39, 0.29) is 12.5 Å². The van der Waals surface area contributed by atoms with E-state index >= 15 is 0 Å². The largest absolute Gasteiger partial charge is 0.481 e. The van der Waals surface area contributed by atoms with Gasteiger partial charge in [0.15, 0.2) is 0 Å². The summed E-state index contributed by atoms with van der Waals surface area (Å²) in [5, 5.41) is 17.7. The average Bonchev–Trinajstić information content (AvgIpc) is 2.41. The van der Waals surface area contributed by atoms with Crippen molar-refractivity contribution < 1.29 is 9.90 Å². The highest BCUT2D eigenvalue weighted by atomic mass is 16.4. The third-order valence-electron chi connectivity index (χ3n) is 3.63. The molecule has 1 saturated heterocycles. The van der Waals surface area contributed by atoms with Crippen molar-refractivity contribution in [3.05, 3.63) is 35.4 Å². The van der Waals surface area contributed by atoms with Crippen LogP contribution in [0.1, 0.15) is 36.8 Å². The van der Waals surface area contributed by atoms with Gasteiger partial charge in [0.1, 0.15) is 0 Å². The van der Waals surface area contributed by atoms with Gasteiger partial charge in [-0.1, -0.05) is 18.6 Å². The van der Waals surface area contributed by atoms with E-state index in [1.54, 1.807) is 0 Å². The smallest absolute Gasteiger partial charge is 0.304 e. The Kier molecular flexibility index (Phi) is 4.53. The maximum absolute atomic E-state index is 10.9. The fourth-order valence-electron chi connectivity index (χ4n) is 2.62. The fraction of sp³-hybridized carbons (Fsp3) is 0.467. The van der Waals surface area contributed by atoms with Crippen LogP contribution in [-0.2, 0) is 11.3 Å². The van der Waals surface area contributed by atoms with Gasteiger partial charge in [0.2, 0.25) is 0 Å². The fourth-order valence-corrected chi connectivity index (χ4v) is 2.62. The maximum Gasteiger partial charge on any atom is 0.304 e. The predicted octanol–water partition coefficient (Wildman–Crippen LogP) is 2.39. The first-order chi connectivity index (χ1) is 9.19. The zero-order chi connectivity index (χ0) is 13.7. The molecular formula is C15H18N2O2. The molecule has 1 unspecified atom stereocenters. The molecule has 0 radical (unpaired) electrons. The number of nitrogens with zero attached hydrogens (tertiary/aromatic N) is 2. The third kappa shape index (κ3) is 3.80. The lowest BCUT2D eigenvalue weighted by atomic mass is 9.98. The molecule has 1 aromatic carbocycles. The zero-order valence-corrected chi connectivity index (χ0v) is 10.9. The number of carboxylic acids is 1. The van der Waals surface area contributed by atoms with Crippen LogP contribution in [0.15, 0.2) is 24.3 Å². The summed E-state index contributed by atoms with van der Waals surface area (Å²) in [6, 6.07) is 9.76. The number of hydrogen-bond acceptors (Lipinski definition) is 3. The quantitative estimate of drug-likeness (QED) is 0.900. The van der Waals surface area contributed by atoms with Gasteiger partial charge in [-0.15, -0.1) is 0 Å². The van der Waals surface area contributed by atoms with Crippen molar-refractivity contribution in [1.29, 1.82) is 5.26 Å². The molecule has 1 heterocycles. The second-order valence-electron chi connectivity index (χ2n) is 5.03. The van der Waals surface area contributed by atoms with Crippen LogP contribution < -0.4 is 0 Å². The highest BCUT2D eigenvalue weighted by Gasteiger charge is 2.24. The van der Waals surface area contributed by atoms with E-state index in [1.807, 2.05) is 24.3 Å². The van der Waals surface area contributed by atoms with Crippen molar-refractivity contribution in [3.63, 3.8) is 0 Å². The lowest BCUT2D eigenvalue weighted by Gasteiger charge is -2.34. The van der Waals surface area contributed by atoms with Crippen molar-refractivity contribution >= 4 is 5.97 Å². The van der Waals surface area contributed by atoms with Gasteiger partial charge in [0.05, 0.1) is 18.1 Å².